The molecule has 2 aliphatic heterocycles. The number of aromatic amines is 1. The summed E-state index contributed by atoms with van der Waals surface area (Å²) >= 11 is 0. The Morgan fingerprint density at radius 2 is 1.90 bits per heavy atom. The molecule has 2 aromatic rings. The molecule has 9 atom stereocenters. The zero-order valence-electron chi connectivity index (χ0n) is 24.7. The summed E-state index contributed by atoms with van der Waals surface area (Å²) in [6.07, 6.45) is 10.1. The third-order valence-corrected chi connectivity index (χ3v) is 10.1. The molecule has 2 N–H and O–H groups in total. The van der Waals surface area contributed by atoms with Crippen LogP contribution < -0.4 is 5.32 Å². The van der Waals surface area contributed by atoms with Crippen molar-refractivity contribution in [2.45, 2.75) is 71.3 Å². The van der Waals surface area contributed by atoms with Gasteiger partial charge in [0.05, 0.1) is 11.7 Å². The van der Waals surface area contributed by atoms with Crippen molar-refractivity contribution < 1.29 is 28.7 Å². The number of allylic oxidation sites excluding steroid dienone is 3. The van der Waals surface area contributed by atoms with Crippen molar-refractivity contribution in [2.24, 2.45) is 29.1 Å². The standard InChI is InChI=1S/C34H38N2O6/c1-18-9-8-11-24-31-33(5,42-31)20(3)29-26(16-22-17-35-25-12-7-6-10-23(22)25)36-32(40)34(24,29)28(39)14-13-27(38)30(19(2)15-18)41-21(4)37/h6-8,10-15,17-18,20,24,26,29-31,35H,9,16H2,1-5H3,(H,36,40)/b11-8+,14-13+,19-15-/t18-,20-,24-,26?,29-,30+,31-,33+,34+/m0/s1. The molecule has 1 spiro atoms. The number of rotatable bonds is 3. The lowest BCUT2D eigenvalue weighted by atomic mass is 9.51. The molecule has 1 aromatic carbocycles. The maximum Gasteiger partial charge on any atom is 0.303 e. The van der Waals surface area contributed by atoms with Crippen LogP contribution in [-0.4, -0.2) is 52.3 Å². The van der Waals surface area contributed by atoms with Gasteiger partial charge in [0.15, 0.2) is 11.9 Å². The number of amides is 1. The van der Waals surface area contributed by atoms with E-state index in [0.29, 0.717) is 18.4 Å². The van der Waals surface area contributed by atoms with E-state index in [-0.39, 0.29) is 35.8 Å². The minimum Gasteiger partial charge on any atom is -0.450 e. The number of epoxide rings is 1. The number of ketones is 2. The van der Waals surface area contributed by atoms with Crippen LogP contribution in [0.25, 0.3) is 10.9 Å². The Kier molecular flexibility index (Phi) is 6.88. The number of carbonyl (C=O) groups excluding carboxylic acids is 4. The summed E-state index contributed by atoms with van der Waals surface area (Å²) in [5, 5.41) is 4.32. The third kappa shape index (κ3) is 4.30. The molecule has 3 fully saturated rings. The first kappa shape index (κ1) is 28.3. The van der Waals surface area contributed by atoms with Crippen molar-refractivity contribution >= 4 is 34.3 Å². The van der Waals surface area contributed by atoms with E-state index in [1.165, 1.54) is 19.1 Å². The first-order valence-corrected chi connectivity index (χ1v) is 14.8. The molecular formula is C34H38N2O6. The number of benzene rings is 1. The Balaban J connectivity index is 1.45. The summed E-state index contributed by atoms with van der Waals surface area (Å²) in [7, 11) is 0. The van der Waals surface area contributed by atoms with Gasteiger partial charge in [0.2, 0.25) is 11.7 Å². The van der Waals surface area contributed by atoms with Crippen LogP contribution in [0, 0.1) is 29.1 Å². The summed E-state index contributed by atoms with van der Waals surface area (Å²) < 4.78 is 11.7. The van der Waals surface area contributed by atoms with Gasteiger partial charge < -0.3 is 19.8 Å². The van der Waals surface area contributed by atoms with Gasteiger partial charge in [-0.1, -0.05) is 50.3 Å². The van der Waals surface area contributed by atoms with E-state index < -0.39 is 40.6 Å². The van der Waals surface area contributed by atoms with Gasteiger partial charge in [0.25, 0.3) is 0 Å². The fourth-order valence-electron chi connectivity index (χ4n) is 7.97. The van der Waals surface area contributed by atoms with E-state index >= 15 is 0 Å². The Morgan fingerprint density at radius 1 is 1.14 bits per heavy atom. The molecular weight excluding hydrogens is 532 g/mol. The van der Waals surface area contributed by atoms with Crippen LogP contribution in [0.15, 0.2) is 66.4 Å². The number of nitrogens with one attached hydrogen (secondary N) is 2. The van der Waals surface area contributed by atoms with Crippen molar-refractivity contribution in [3.05, 3.63) is 72.0 Å². The second-order valence-corrected chi connectivity index (χ2v) is 12.7. The predicted octanol–water partition coefficient (Wildman–Crippen LogP) is 4.40. The van der Waals surface area contributed by atoms with Crippen molar-refractivity contribution in [3.63, 3.8) is 0 Å². The molecule has 1 saturated carbocycles. The van der Waals surface area contributed by atoms with E-state index in [2.05, 4.69) is 30.2 Å². The van der Waals surface area contributed by atoms with E-state index in [9.17, 15) is 19.2 Å². The largest absolute Gasteiger partial charge is 0.450 e. The molecule has 1 amide bonds. The summed E-state index contributed by atoms with van der Waals surface area (Å²) in [5.74, 6) is -2.80. The van der Waals surface area contributed by atoms with Crippen molar-refractivity contribution in [2.75, 3.05) is 0 Å². The highest BCUT2D eigenvalue weighted by molar-refractivity contribution is 6.15. The SMILES string of the molecule is CC(=O)O[C@H]1C(=O)/C=C/C(=O)[C@@]23C(=O)NC(Cc4c[nH]c5ccccc45)[C@@H]2[C@H](C)[C@@]2(C)O[C@H]2[C@@H]3/C=C/C[C@H](C)/C=C\1C. The topological polar surface area (TPSA) is 118 Å². The normalized spacial score (nSPS) is 40.6. The zero-order chi connectivity index (χ0) is 30.0. The molecule has 220 valence electrons. The summed E-state index contributed by atoms with van der Waals surface area (Å²) in [6, 6.07) is 7.72. The van der Waals surface area contributed by atoms with Crippen LogP contribution in [0.5, 0.6) is 0 Å². The number of fused-ring (bicyclic) bond motifs is 3. The lowest BCUT2D eigenvalue weighted by Crippen LogP contribution is -2.58. The number of aromatic nitrogens is 1. The van der Waals surface area contributed by atoms with Gasteiger partial charge in [-0.2, -0.15) is 0 Å². The molecule has 0 bridgehead atoms. The quantitative estimate of drug-likeness (QED) is 0.244. The van der Waals surface area contributed by atoms with Crippen LogP contribution in [0.1, 0.15) is 46.6 Å². The highest BCUT2D eigenvalue weighted by atomic mass is 16.6. The Morgan fingerprint density at radius 3 is 2.67 bits per heavy atom. The summed E-state index contributed by atoms with van der Waals surface area (Å²) in [5.41, 5.74) is 0.774. The lowest BCUT2D eigenvalue weighted by Gasteiger charge is -2.45. The smallest absolute Gasteiger partial charge is 0.303 e. The molecule has 3 heterocycles. The van der Waals surface area contributed by atoms with Crippen LogP contribution in [-0.2, 0) is 35.1 Å². The fraction of sp³-hybridized carbons (Fsp3) is 0.471. The minimum absolute atomic E-state index is 0.0281. The minimum atomic E-state index is -1.44. The van der Waals surface area contributed by atoms with E-state index in [1.54, 1.807) is 6.92 Å². The second kappa shape index (κ2) is 10.2. The highest BCUT2D eigenvalue weighted by Crippen LogP contribution is 2.66. The average Bonchev–Trinajstić information content (AvgIpc) is 3.35. The number of esters is 1. The zero-order valence-corrected chi connectivity index (χ0v) is 24.7. The van der Waals surface area contributed by atoms with Gasteiger partial charge in [0, 0.05) is 41.9 Å². The van der Waals surface area contributed by atoms with Gasteiger partial charge in [-0.25, -0.2) is 0 Å². The van der Waals surface area contributed by atoms with Gasteiger partial charge in [0.1, 0.15) is 5.41 Å². The van der Waals surface area contributed by atoms with Crippen LogP contribution in [0.4, 0.5) is 0 Å². The van der Waals surface area contributed by atoms with E-state index in [4.69, 9.17) is 9.47 Å². The Bertz CT molecular complexity index is 1570. The number of ether oxygens (including phenoxy) is 2. The maximum absolute atomic E-state index is 14.4. The Hall–Kier alpha value is -3.78. The molecule has 0 radical (unpaired) electrons. The molecule has 2 saturated heterocycles. The molecule has 8 heteroatoms. The van der Waals surface area contributed by atoms with Gasteiger partial charge in [-0.15, -0.1) is 0 Å². The second-order valence-electron chi connectivity index (χ2n) is 12.7. The number of hydrogen-bond donors (Lipinski definition) is 2. The maximum atomic E-state index is 14.4. The van der Waals surface area contributed by atoms with Gasteiger partial charge >= 0.3 is 5.97 Å². The van der Waals surface area contributed by atoms with Gasteiger partial charge in [-0.3, -0.25) is 19.2 Å². The molecule has 42 heavy (non-hydrogen) atoms. The van der Waals surface area contributed by atoms with Crippen molar-refractivity contribution in [1.29, 1.82) is 0 Å². The van der Waals surface area contributed by atoms with E-state index in [1.807, 2.05) is 49.5 Å². The monoisotopic (exact) mass is 570 g/mol. The average molecular weight is 571 g/mol. The first-order chi connectivity index (χ1) is 20.0. The van der Waals surface area contributed by atoms with Crippen LogP contribution in [0.3, 0.4) is 0 Å². The van der Waals surface area contributed by atoms with Crippen molar-refractivity contribution in [3.8, 4) is 0 Å². The number of hydrogen-bond acceptors (Lipinski definition) is 6. The molecule has 8 nitrogen and oxygen atoms in total. The Labute approximate surface area is 245 Å². The molecule has 2 aliphatic carbocycles. The van der Waals surface area contributed by atoms with Crippen LogP contribution >= 0.6 is 0 Å². The number of carbonyl (C=O) groups is 4. The fourth-order valence-corrected chi connectivity index (χ4v) is 7.97. The summed E-state index contributed by atoms with van der Waals surface area (Å²) in [6.45, 7) is 9.17. The number of para-hydroxylation sites is 1. The highest BCUT2D eigenvalue weighted by Gasteiger charge is 2.78. The molecule has 6 rings (SSSR count). The van der Waals surface area contributed by atoms with Crippen molar-refractivity contribution in [1.82, 2.24) is 10.3 Å². The van der Waals surface area contributed by atoms with Gasteiger partial charge in [-0.05, 0) is 67.9 Å². The molecule has 1 aromatic heterocycles. The third-order valence-electron chi connectivity index (χ3n) is 10.1. The lowest BCUT2D eigenvalue weighted by molar-refractivity contribution is -0.149. The van der Waals surface area contributed by atoms with Crippen LogP contribution in [0.2, 0.25) is 0 Å². The predicted molar refractivity (Wildman–Crippen MR) is 157 cm³/mol. The molecule has 4 aliphatic rings. The number of H-pyrrole nitrogens is 1. The molecule has 1 unspecified atom stereocenters. The summed E-state index contributed by atoms with van der Waals surface area (Å²) in [4.78, 5) is 57.2. The van der Waals surface area contributed by atoms with E-state index in [0.717, 1.165) is 16.5 Å². The first-order valence-electron chi connectivity index (χ1n) is 14.8.